The van der Waals surface area contributed by atoms with Gasteiger partial charge in [0.1, 0.15) is 6.54 Å². The Morgan fingerprint density at radius 3 is 2.35 bits per heavy atom. The summed E-state index contributed by atoms with van der Waals surface area (Å²) in [7, 11) is 3.57. The standard InChI is InChI=1S/C20H37N5O/c1-15-6-4-5-7-18(15)23-20(21-14-19(26)24(2)3)22-16-10-12-25(13-11-16)17-8-9-17/h15-18H,4-14H2,1-3H3,(H2,21,22,23). The highest BCUT2D eigenvalue weighted by molar-refractivity contribution is 5.85. The Morgan fingerprint density at radius 1 is 1.04 bits per heavy atom. The van der Waals surface area contributed by atoms with Gasteiger partial charge in [-0.1, -0.05) is 19.8 Å². The lowest BCUT2D eigenvalue weighted by Crippen LogP contribution is -2.53. The van der Waals surface area contributed by atoms with E-state index < -0.39 is 0 Å². The van der Waals surface area contributed by atoms with Crippen molar-refractivity contribution in [1.29, 1.82) is 0 Å². The van der Waals surface area contributed by atoms with Crippen molar-refractivity contribution in [2.24, 2.45) is 10.9 Å². The van der Waals surface area contributed by atoms with Crippen molar-refractivity contribution in [3.05, 3.63) is 0 Å². The van der Waals surface area contributed by atoms with Crippen LogP contribution in [0.1, 0.15) is 58.3 Å². The predicted octanol–water partition coefficient (Wildman–Crippen LogP) is 1.82. The molecule has 2 atom stereocenters. The minimum absolute atomic E-state index is 0.0475. The summed E-state index contributed by atoms with van der Waals surface area (Å²) in [6.45, 7) is 4.91. The lowest BCUT2D eigenvalue weighted by atomic mass is 9.86. The smallest absolute Gasteiger partial charge is 0.243 e. The molecule has 3 fully saturated rings. The van der Waals surface area contributed by atoms with Gasteiger partial charge in [0.15, 0.2) is 5.96 Å². The molecule has 2 N–H and O–H groups in total. The third kappa shape index (κ3) is 5.60. The van der Waals surface area contributed by atoms with Gasteiger partial charge >= 0.3 is 0 Å². The summed E-state index contributed by atoms with van der Waals surface area (Å²) in [5.41, 5.74) is 0. The molecule has 0 aromatic heterocycles. The van der Waals surface area contributed by atoms with E-state index in [-0.39, 0.29) is 12.5 Å². The molecule has 0 radical (unpaired) electrons. The molecule has 1 saturated heterocycles. The number of likely N-dealkylation sites (tertiary alicyclic amines) is 1. The third-order valence-electron chi connectivity index (χ3n) is 6.24. The van der Waals surface area contributed by atoms with Crippen molar-refractivity contribution in [3.8, 4) is 0 Å². The highest BCUT2D eigenvalue weighted by atomic mass is 16.2. The molecule has 2 saturated carbocycles. The number of hydrogen-bond acceptors (Lipinski definition) is 3. The second kappa shape index (κ2) is 9.07. The summed E-state index contributed by atoms with van der Waals surface area (Å²) in [6, 6.07) is 1.80. The van der Waals surface area contributed by atoms with Crippen LogP contribution in [0.4, 0.5) is 0 Å². The van der Waals surface area contributed by atoms with Crippen molar-refractivity contribution < 1.29 is 4.79 Å². The Morgan fingerprint density at radius 2 is 1.73 bits per heavy atom. The second-order valence-corrected chi connectivity index (χ2v) is 8.65. The van der Waals surface area contributed by atoms with Gasteiger partial charge < -0.3 is 20.4 Å². The minimum Gasteiger partial charge on any atom is -0.354 e. The van der Waals surface area contributed by atoms with Crippen LogP contribution in [-0.4, -0.2) is 73.5 Å². The minimum atomic E-state index is 0.0475. The van der Waals surface area contributed by atoms with Gasteiger partial charge in [0.2, 0.25) is 5.91 Å². The van der Waals surface area contributed by atoms with E-state index in [2.05, 4.69) is 27.4 Å². The number of aliphatic imine (C=N–C) groups is 1. The normalized spacial score (nSPS) is 28.7. The SMILES string of the molecule is CC1CCCCC1NC(=NCC(=O)N(C)C)NC1CCN(C2CC2)CC1. The number of carbonyl (C=O) groups is 1. The molecule has 1 heterocycles. The number of carbonyl (C=O) groups excluding carboxylic acids is 1. The number of likely N-dealkylation sites (N-methyl/N-ethyl adjacent to an activating group) is 1. The molecular formula is C20H37N5O. The predicted molar refractivity (Wildman–Crippen MR) is 106 cm³/mol. The molecule has 1 amide bonds. The zero-order valence-electron chi connectivity index (χ0n) is 16.8. The maximum absolute atomic E-state index is 12.0. The number of nitrogens with zero attached hydrogens (tertiary/aromatic N) is 3. The number of rotatable bonds is 5. The van der Waals surface area contributed by atoms with E-state index in [1.807, 2.05) is 0 Å². The first-order valence-corrected chi connectivity index (χ1v) is 10.5. The van der Waals surface area contributed by atoms with Crippen LogP contribution in [0, 0.1) is 5.92 Å². The molecule has 26 heavy (non-hydrogen) atoms. The van der Waals surface area contributed by atoms with Gasteiger partial charge in [-0.15, -0.1) is 0 Å². The van der Waals surface area contributed by atoms with Crippen molar-refractivity contribution in [2.75, 3.05) is 33.7 Å². The molecule has 0 bridgehead atoms. The molecule has 1 aliphatic heterocycles. The first-order chi connectivity index (χ1) is 12.5. The van der Waals surface area contributed by atoms with E-state index in [4.69, 9.17) is 0 Å². The van der Waals surface area contributed by atoms with E-state index in [0.29, 0.717) is 18.0 Å². The third-order valence-corrected chi connectivity index (χ3v) is 6.24. The molecule has 3 rings (SSSR count). The topological polar surface area (TPSA) is 60.0 Å². The summed E-state index contributed by atoms with van der Waals surface area (Å²) in [4.78, 5) is 20.9. The largest absolute Gasteiger partial charge is 0.354 e. The van der Waals surface area contributed by atoms with Crippen LogP contribution >= 0.6 is 0 Å². The molecule has 0 aromatic carbocycles. The van der Waals surface area contributed by atoms with Crippen molar-refractivity contribution >= 4 is 11.9 Å². The van der Waals surface area contributed by atoms with Crippen LogP contribution in [0.2, 0.25) is 0 Å². The summed E-state index contributed by atoms with van der Waals surface area (Å²) in [5, 5.41) is 7.29. The highest BCUT2D eigenvalue weighted by Crippen LogP contribution is 2.29. The quantitative estimate of drug-likeness (QED) is 0.578. The van der Waals surface area contributed by atoms with Crippen LogP contribution in [0.5, 0.6) is 0 Å². The maximum atomic E-state index is 12.0. The lowest BCUT2D eigenvalue weighted by Gasteiger charge is -2.35. The van der Waals surface area contributed by atoms with Gasteiger partial charge in [-0.05, 0) is 44.4 Å². The van der Waals surface area contributed by atoms with E-state index in [0.717, 1.165) is 12.0 Å². The van der Waals surface area contributed by atoms with Gasteiger partial charge in [0.05, 0.1) is 0 Å². The zero-order valence-corrected chi connectivity index (χ0v) is 16.8. The van der Waals surface area contributed by atoms with Gasteiger partial charge in [-0.2, -0.15) is 0 Å². The Bertz CT molecular complexity index is 494. The lowest BCUT2D eigenvalue weighted by molar-refractivity contribution is -0.127. The Kier molecular flexibility index (Phi) is 6.79. The Labute approximate surface area is 158 Å². The van der Waals surface area contributed by atoms with Gasteiger partial charge in [0.25, 0.3) is 0 Å². The molecule has 6 heteroatoms. The molecule has 3 aliphatic rings. The fourth-order valence-electron chi connectivity index (χ4n) is 4.17. The average Bonchev–Trinajstić information content (AvgIpc) is 3.47. The number of amides is 1. The summed E-state index contributed by atoms with van der Waals surface area (Å²) in [5.74, 6) is 1.55. The van der Waals surface area contributed by atoms with Crippen molar-refractivity contribution in [3.63, 3.8) is 0 Å². The monoisotopic (exact) mass is 363 g/mol. The summed E-state index contributed by atoms with van der Waals surface area (Å²) >= 11 is 0. The number of hydrogen-bond donors (Lipinski definition) is 2. The van der Waals surface area contributed by atoms with Crippen LogP contribution < -0.4 is 10.6 Å². The van der Waals surface area contributed by atoms with Crippen LogP contribution in [0.3, 0.4) is 0 Å². The molecule has 0 spiro atoms. The van der Waals surface area contributed by atoms with Crippen LogP contribution in [0.15, 0.2) is 4.99 Å². The Hall–Kier alpha value is -1.30. The Balaban J connectivity index is 1.56. The number of nitrogens with one attached hydrogen (secondary N) is 2. The van der Waals surface area contributed by atoms with Gasteiger partial charge in [0, 0.05) is 45.3 Å². The van der Waals surface area contributed by atoms with E-state index in [9.17, 15) is 4.79 Å². The molecule has 148 valence electrons. The zero-order chi connectivity index (χ0) is 18.5. The van der Waals surface area contributed by atoms with Gasteiger partial charge in [-0.3, -0.25) is 4.79 Å². The highest BCUT2D eigenvalue weighted by Gasteiger charge is 2.32. The summed E-state index contributed by atoms with van der Waals surface area (Å²) < 4.78 is 0. The number of piperidine rings is 1. The molecule has 6 nitrogen and oxygen atoms in total. The van der Waals surface area contributed by atoms with E-state index in [1.54, 1.807) is 19.0 Å². The second-order valence-electron chi connectivity index (χ2n) is 8.65. The fourth-order valence-corrected chi connectivity index (χ4v) is 4.17. The van der Waals surface area contributed by atoms with Crippen LogP contribution in [-0.2, 0) is 4.79 Å². The maximum Gasteiger partial charge on any atom is 0.243 e. The first-order valence-electron chi connectivity index (χ1n) is 10.5. The average molecular weight is 364 g/mol. The van der Waals surface area contributed by atoms with Crippen molar-refractivity contribution in [2.45, 2.75) is 76.4 Å². The van der Waals surface area contributed by atoms with Crippen LogP contribution in [0.25, 0.3) is 0 Å². The first kappa shape index (κ1) is 19.5. The fraction of sp³-hybridized carbons (Fsp3) is 0.900. The van der Waals surface area contributed by atoms with Crippen molar-refractivity contribution in [1.82, 2.24) is 20.4 Å². The van der Waals surface area contributed by atoms with Gasteiger partial charge in [-0.25, -0.2) is 4.99 Å². The van der Waals surface area contributed by atoms with E-state index in [1.165, 1.54) is 64.5 Å². The van der Waals surface area contributed by atoms with E-state index >= 15 is 0 Å². The molecule has 0 aromatic rings. The number of guanidine groups is 1. The summed E-state index contributed by atoms with van der Waals surface area (Å²) in [6.07, 6.45) is 10.2. The molecular weight excluding hydrogens is 326 g/mol. The molecule has 2 aliphatic carbocycles. The molecule has 2 unspecified atom stereocenters.